The van der Waals surface area contributed by atoms with Crippen LogP contribution in [0.1, 0.15) is 5.56 Å². The Labute approximate surface area is 206 Å². The van der Waals surface area contributed by atoms with E-state index in [1.54, 1.807) is 36.4 Å². The Balaban J connectivity index is 1.58. The second-order valence-corrected chi connectivity index (χ2v) is 7.61. The van der Waals surface area contributed by atoms with Crippen molar-refractivity contribution in [2.45, 2.75) is 6.18 Å². The number of nitrogens with zero attached hydrogens (tertiary/aromatic N) is 5. The van der Waals surface area contributed by atoms with E-state index in [0.29, 0.717) is 17.1 Å². The molecule has 0 radical (unpaired) electrons. The largest absolute Gasteiger partial charge is 0.416 e. The summed E-state index contributed by atoms with van der Waals surface area (Å²) in [5.74, 6) is -0.522. The van der Waals surface area contributed by atoms with Crippen LogP contribution in [0.2, 0.25) is 5.02 Å². The summed E-state index contributed by atoms with van der Waals surface area (Å²) in [6, 6.07) is 18.2. The molecule has 0 aliphatic rings. The summed E-state index contributed by atoms with van der Waals surface area (Å²) in [5, 5.41) is 25.3. The summed E-state index contributed by atoms with van der Waals surface area (Å²) in [6.45, 7) is 0. The van der Waals surface area contributed by atoms with Gasteiger partial charge in [-0.25, -0.2) is 9.97 Å². The van der Waals surface area contributed by atoms with Gasteiger partial charge in [0.1, 0.15) is 6.33 Å². The molecule has 0 bridgehead atoms. The van der Waals surface area contributed by atoms with E-state index in [1.807, 2.05) is 18.2 Å². The highest BCUT2D eigenvalue weighted by Crippen LogP contribution is 2.38. The van der Waals surface area contributed by atoms with Gasteiger partial charge in [-0.1, -0.05) is 29.8 Å². The lowest BCUT2D eigenvalue weighted by Gasteiger charge is -2.13. The molecule has 4 aromatic rings. The second kappa shape index (κ2) is 10.4. The van der Waals surface area contributed by atoms with Crippen LogP contribution in [0.5, 0.6) is 0 Å². The minimum Gasteiger partial charge on any atom is -0.334 e. The summed E-state index contributed by atoms with van der Waals surface area (Å²) in [6.07, 6.45) is -3.60. The highest BCUT2D eigenvalue weighted by atomic mass is 35.5. The van der Waals surface area contributed by atoms with E-state index >= 15 is 0 Å². The molecule has 0 fully saturated rings. The molecule has 0 aliphatic carbocycles. The fourth-order valence-electron chi connectivity index (χ4n) is 3.02. The maximum absolute atomic E-state index is 13.1. The van der Waals surface area contributed by atoms with Gasteiger partial charge in [0.15, 0.2) is 0 Å². The van der Waals surface area contributed by atoms with Gasteiger partial charge in [-0.15, -0.1) is 0 Å². The number of halogens is 4. The third-order valence-corrected chi connectivity index (χ3v) is 5.05. The first-order valence-electron chi connectivity index (χ1n) is 10.2. The van der Waals surface area contributed by atoms with Crippen molar-refractivity contribution in [2.75, 3.05) is 10.6 Å². The fourth-order valence-corrected chi connectivity index (χ4v) is 3.18. The van der Waals surface area contributed by atoms with E-state index in [9.17, 15) is 23.3 Å². The summed E-state index contributed by atoms with van der Waals surface area (Å²) in [7, 11) is 0. The minimum absolute atomic E-state index is 0.0781. The molecule has 2 N–H and O–H groups in total. The van der Waals surface area contributed by atoms with Crippen LogP contribution in [0.15, 0.2) is 89.4 Å². The van der Waals surface area contributed by atoms with Crippen molar-refractivity contribution < 1.29 is 18.1 Å². The van der Waals surface area contributed by atoms with Crippen LogP contribution >= 0.6 is 11.6 Å². The van der Waals surface area contributed by atoms with Crippen molar-refractivity contribution in [1.29, 1.82) is 0 Å². The molecule has 1 aromatic heterocycles. The van der Waals surface area contributed by atoms with Crippen LogP contribution in [0.25, 0.3) is 0 Å². The zero-order valence-corrected chi connectivity index (χ0v) is 18.8. The summed E-state index contributed by atoms with van der Waals surface area (Å²) in [5.41, 5.74) is -0.0981. The molecule has 0 aliphatic heterocycles. The van der Waals surface area contributed by atoms with E-state index in [1.165, 1.54) is 0 Å². The normalized spacial score (nSPS) is 11.4. The monoisotopic (exact) mass is 513 g/mol. The molecule has 13 heteroatoms. The number of aromatic nitrogens is 2. The molecule has 0 amide bonds. The third-order valence-electron chi connectivity index (χ3n) is 4.72. The standard InChI is InChI=1S/C23H15ClF3N7O2/c24-18-11-6-14(23(25,26)27)12-19(18)31-22-20(34(35)36)21(28-13-29-22)30-15-7-9-17(10-8-15)33-32-16-4-2-1-3-5-16/h1-13H,(H2,28,29,30,31). The second-order valence-electron chi connectivity index (χ2n) is 7.20. The molecule has 0 saturated carbocycles. The summed E-state index contributed by atoms with van der Waals surface area (Å²) in [4.78, 5) is 18.8. The van der Waals surface area contributed by atoms with Gasteiger partial charge >= 0.3 is 11.9 Å². The van der Waals surface area contributed by atoms with E-state index in [-0.39, 0.29) is 22.3 Å². The zero-order valence-electron chi connectivity index (χ0n) is 18.1. The number of anilines is 4. The number of rotatable bonds is 7. The maximum Gasteiger partial charge on any atom is 0.416 e. The van der Waals surface area contributed by atoms with Crippen LogP contribution in [-0.4, -0.2) is 14.9 Å². The van der Waals surface area contributed by atoms with Crippen LogP contribution < -0.4 is 10.6 Å². The van der Waals surface area contributed by atoms with Crippen molar-refractivity contribution in [1.82, 2.24) is 9.97 Å². The Hall–Kier alpha value is -4.58. The lowest BCUT2D eigenvalue weighted by atomic mass is 10.2. The molecule has 3 aromatic carbocycles. The van der Waals surface area contributed by atoms with E-state index in [2.05, 4.69) is 30.8 Å². The molecule has 0 unspecified atom stereocenters. The van der Waals surface area contributed by atoms with Crippen LogP contribution in [0.3, 0.4) is 0 Å². The maximum atomic E-state index is 13.1. The quantitative estimate of drug-likeness (QED) is 0.147. The van der Waals surface area contributed by atoms with E-state index in [4.69, 9.17) is 11.6 Å². The van der Waals surface area contributed by atoms with Crippen LogP contribution in [-0.2, 0) is 6.18 Å². The van der Waals surface area contributed by atoms with E-state index in [0.717, 1.165) is 24.5 Å². The average molecular weight is 514 g/mol. The number of alkyl halides is 3. The lowest BCUT2D eigenvalue weighted by molar-refractivity contribution is -0.383. The smallest absolute Gasteiger partial charge is 0.334 e. The Morgan fingerprint density at radius 3 is 2.08 bits per heavy atom. The minimum atomic E-state index is -4.63. The molecule has 4 rings (SSSR count). The average Bonchev–Trinajstić information content (AvgIpc) is 2.85. The van der Waals surface area contributed by atoms with Gasteiger partial charge < -0.3 is 10.6 Å². The molecule has 0 saturated heterocycles. The van der Waals surface area contributed by atoms with Crippen molar-refractivity contribution in [2.24, 2.45) is 10.2 Å². The molecule has 9 nitrogen and oxygen atoms in total. The van der Waals surface area contributed by atoms with E-state index < -0.39 is 22.4 Å². The number of hydrogen-bond donors (Lipinski definition) is 2. The first kappa shape index (κ1) is 24.5. The molecule has 0 spiro atoms. The highest BCUT2D eigenvalue weighted by molar-refractivity contribution is 6.33. The van der Waals surface area contributed by atoms with Crippen molar-refractivity contribution >= 4 is 51.7 Å². The Morgan fingerprint density at radius 1 is 0.861 bits per heavy atom. The van der Waals surface area contributed by atoms with Crippen molar-refractivity contribution in [3.8, 4) is 0 Å². The molecular weight excluding hydrogens is 499 g/mol. The molecule has 182 valence electrons. The number of nitro groups is 1. The first-order valence-corrected chi connectivity index (χ1v) is 10.6. The van der Waals surface area contributed by atoms with Gasteiger partial charge in [-0.05, 0) is 54.6 Å². The number of azo groups is 1. The predicted molar refractivity (Wildman–Crippen MR) is 129 cm³/mol. The zero-order chi connectivity index (χ0) is 25.7. The van der Waals surface area contributed by atoms with Crippen LogP contribution in [0, 0.1) is 10.1 Å². The third kappa shape index (κ3) is 5.91. The van der Waals surface area contributed by atoms with Gasteiger partial charge in [0.25, 0.3) is 0 Å². The Kier molecular flexibility index (Phi) is 7.06. The fraction of sp³-hybridized carbons (Fsp3) is 0.0435. The van der Waals surface area contributed by atoms with Crippen molar-refractivity contribution in [3.05, 3.63) is 99.8 Å². The Bertz CT molecular complexity index is 1420. The summed E-state index contributed by atoms with van der Waals surface area (Å²) < 4.78 is 39.3. The molecule has 0 atom stereocenters. The molecule has 36 heavy (non-hydrogen) atoms. The number of benzene rings is 3. The number of hydrogen-bond acceptors (Lipinski definition) is 8. The highest BCUT2D eigenvalue weighted by Gasteiger charge is 2.31. The summed E-state index contributed by atoms with van der Waals surface area (Å²) >= 11 is 6.00. The predicted octanol–water partition coefficient (Wildman–Crippen LogP) is 7.96. The van der Waals surface area contributed by atoms with Gasteiger partial charge in [-0.2, -0.15) is 23.4 Å². The van der Waals surface area contributed by atoms with Crippen LogP contribution in [0.4, 0.5) is 53.2 Å². The van der Waals surface area contributed by atoms with Gasteiger partial charge in [0, 0.05) is 5.69 Å². The molecule has 1 heterocycles. The Morgan fingerprint density at radius 2 is 1.47 bits per heavy atom. The topological polar surface area (TPSA) is 118 Å². The SMILES string of the molecule is O=[N+]([O-])c1c(Nc2ccc(N=Nc3ccccc3)cc2)ncnc1Nc1cc(C(F)(F)F)ccc1Cl. The van der Waals surface area contributed by atoms with Gasteiger partial charge in [-0.3, -0.25) is 10.1 Å². The van der Waals surface area contributed by atoms with Gasteiger partial charge in [0.05, 0.1) is 32.6 Å². The first-order chi connectivity index (χ1) is 17.2. The van der Waals surface area contributed by atoms with Gasteiger partial charge in [0.2, 0.25) is 11.6 Å². The molecular formula is C23H15ClF3N7O2. The van der Waals surface area contributed by atoms with Crippen molar-refractivity contribution in [3.63, 3.8) is 0 Å². The lowest BCUT2D eigenvalue weighted by Crippen LogP contribution is -2.08. The number of nitrogens with one attached hydrogen (secondary N) is 2.